The van der Waals surface area contributed by atoms with Crippen LogP contribution in [-0.4, -0.2) is 67.0 Å². The Kier molecular flexibility index (Phi) is 5.79. The van der Waals surface area contributed by atoms with E-state index in [1.807, 2.05) is 6.92 Å². The van der Waals surface area contributed by atoms with E-state index in [1.165, 1.54) is 25.7 Å². The van der Waals surface area contributed by atoms with Crippen LogP contribution in [0.3, 0.4) is 0 Å². The van der Waals surface area contributed by atoms with E-state index in [2.05, 4.69) is 20.4 Å². The van der Waals surface area contributed by atoms with Crippen molar-refractivity contribution in [1.82, 2.24) is 20.4 Å². The van der Waals surface area contributed by atoms with E-state index >= 15 is 0 Å². The molecule has 1 aliphatic carbocycles. The molecule has 2 aliphatic rings. The molecule has 0 radical (unpaired) electrons. The molecular formula is C14H26N4O2. The molecule has 1 heterocycles. The zero-order valence-electron chi connectivity index (χ0n) is 12.4. The standard InChI is InChI=1S/C14H26N4O2/c1-2-15-14(20)16-13(19)11-17-7-9-18(10-8-17)12-5-3-4-6-12/h12H,2-11H2,1H3,(H2,15,16,19,20). The molecule has 2 N–H and O–H groups in total. The fourth-order valence-electron chi connectivity index (χ4n) is 3.13. The van der Waals surface area contributed by atoms with E-state index in [4.69, 9.17) is 0 Å². The molecule has 3 amide bonds. The fraction of sp³-hybridized carbons (Fsp3) is 0.857. The minimum absolute atomic E-state index is 0.217. The summed E-state index contributed by atoms with van der Waals surface area (Å²) in [5, 5.41) is 4.91. The molecule has 114 valence electrons. The summed E-state index contributed by atoms with van der Waals surface area (Å²) in [4.78, 5) is 27.6. The second-order valence-electron chi connectivity index (χ2n) is 5.66. The van der Waals surface area contributed by atoms with Crippen molar-refractivity contribution < 1.29 is 9.59 Å². The zero-order valence-corrected chi connectivity index (χ0v) is 12.4. The van der Waals surface area contributed by atoms with Crippen molar-refractivity contribution in [3.8, 4) is 0 Å². The van der Waals surface area contributed by atoms with E-state index in [-0.39, 0.29) is 5.91 Å². The van der Waals surface area contributed by atoms with Gasteiger partial charge in [0.25, 0.3) is 0 Å². The number of amides is 3. The van der Waals surface area contributed by atoms with Crippen LogP contribution in [0.5, 0.6) is 0 Å². The van der Waals surface area contributed by atoms with E-state index < -0.39 is 6.03 Å². The van der Waals surface area contributed by atoms with Gasteiger partial charge >= 0.3 is 6.03 Å². The molecule has 1 saturated carbocycles. The highest BCUT2D eigenvalue weighted by atomic mass is 16.2. The van der Waals surface area contributed by atoms with Gasteiger partial charge in [0.2, 0.25) is 5.91 Å². The minimum Gasteiger partial charge on any atom is -0.338 e. The largest absolute Gasteiger partial charge is 0.338 e. The Morgan fingerprint density at radius 2 is 1.75 bits per heavy atom. The number of piperazine rings is 1. The molecule has 0 atom stereocenters. The van der Waals surface area contributed by atoms with Gasteiger partial charge in [0.15, 0.2) is 0 Å². The lowest BCUT2D eigenvalue weighted by molar-refractivity contribution is -0.121. The second-order valence-corrected chi connectivity index (χ2v) is 5.66. The van der Waals surface area contributed by atoms with Crippen LogP contribution in [0, 0.1) is 0 Å². The summed E-state index contributed by atoms with van der Waals surface area (Å²) in [5.41, 5.74) is 0. The first-order valence-electron chi connectivity index (χ1n) is 7.73. The van der Waals surface area contributed by atoms with Crippen LogP contribution in [0.15, 0.2) is 0 Å². The first-order chi connectivity index (χ1) is 9.69. The number of nitrogens with zero attached hydrogens (tertiary/aromatic N) is 2. The zero-order chi connectivity index (χ0) is 14.4. The summed E-state index contributed by atoms with van der Waals surface area (Å²) in [7, 11) is 0. The molecule has 0 aromatic heterocycles. The van der Waals surface area contributed by atoms with Crippen LogP contribution in [0.1, 0.15) is 32.6 Å². The summed E-state index contributed by atoms with van der Waals surface area (Å²) >= 11 is 0. The molecule has 1 aliphatic heterocycles. The van der Waals surface area contributed by atoms with Crippen LogP contribution in [0.4, 0.5) is 4.79 Å². The predicted octanol–water partition coefficient (Wildman–Crippen LogP) is 0.392. The number of hydrogen-bond acceptors (Lipinski definition) is 4. The molecular weight excluding hydrogens is 256 g/mol. The van der Waals surface area contributed by atoms with Gasteiger partial charge < -0.3 is 5.32 Å². The number of carbonyl (C=O) groups excluding carboxylic acids is 2. The third-order valence-electron chi connectivity index (χ3n) is 4.21. The monoisotopic (exact) mass is 282 g/mol. The first kappa shape index (κ1) is 15.3. The average molecular weight is 282 g/mol. The van der Waals surface area contributed by atoms with Gasteiger partial charge in [0.1, 0.15) is 0 Å². The molecule has 0 bridgehead atoms. The number of carbonyl (C=O) groups is 2. The lowest BCUT2D eigenvalue weighted by atomic mass is 10.2. The molecule has 2 fully saturated rings. The summed E-state index contributed by atoms with van der Waals surface area (Å²) in [6, 6.07) is 0.364. The highest BCUT2D eigenvalue weighted by Crippen LogP contribution is 2.24. The van der Waals surface area contributed by atoms with Crippen molar-refractivity contribution >= 4 is 11.9 Å². The van der Waals surface area contributed by atoms with Crippen molar-refractivity contribution in [3.05, 3.63) is 0 Å². The van der Waals surface area contributed by atoms with Crippen molar-refractivity contribution in [1.29, 1.82) is 0 Å². The molecule has 0 aromatic carbocycles. The smallest absolute Gasteiger partial charge is 0.321 e. The van der Waals surface area contributed by atoms with Crippen LogP contribution in [0.25, 0.3) is 0 Å². The maximum atomic E-state index is 11.7. The molecule has 6 nitrogen and oxygen atoms in total. The van der Waals surface area contributed by atoms with E-state index in [0.717, 1.165) is 32.2 Å². The Bertz CT molecular complexity index is 334. The Labute approximate surface area is 120 Å². The van der Waals surface area contributed by atoms with Gasteiger partial charge in [-0.3, -0.25) is 19.9 Å². The van der Waals surface area contributed by atoms with Gasteiger partial charge in [-0.15, -0.1) is 0 Å². The highest BCUT2D eigenvalue weighted by Gasteiger charge is 2.26. The lowest BCUT2D eigenvalue weighted by Gasteiger charge is -2.37. The van der Waals surface area contributed by atoms with Crippen LogP contribution in [0.2, 0.25) is 0 Å². The SMILES string of the molecule is CCNC(=O)NC(=O)CN1CCN(C2CCCC2)CC1. The molecule has 20 heavy (non-hydrogen) atoms. The van der Waals surface area contributed by atoms with Gasteiger partial charge in [0, 0.05) is 38.8 Å². The molecule has 0 aromatic rings. The van der Waals surface area contributed by atoms with Crippen molar-refractivity contribution in [2.75, 3.05) is 39.3 Å². The third-order valence-corrected chi connectivity index (χ3v) is 4.21. The van der Waals surface area contributed by atoms with Gasteiger partial charge in [-0.2, -0.15) is 0 Å². The van der Waals surface area contributed by atoms with Crippen molar-refractivity contribution in [3.63, 3.8) is 0 Å². The van der Waals surface area contributed by atoms with Gasteiger partial charge in [0.05, 0.1) is 6.54 Å². The summed E-state index contributed by atoms with van der Waals surface area (Å²) in [6.07, 6.45) is 5.38. The first-order valence-corrected chi connectivity index (χ1v) is 7.73. The van der Waals surface area contributed by atoms with Gasteiger partial charge in [-0.25, -0.2) is 4.79 Å². The maximum Gasteiger partial charge on any atom is 0.321 e. The summed E-state index contributed by atoms with van der Waals surface area (Å²) < 4.78 is 0. The lowest BCUT2D eigenvalue weighted by Crippen LogP contribution is -2.52. The molecule has 0 spiro atoms. The van der Waals surface area contributed by atoms with Crippen molar-refractivity contribution in [2.45, 2.75) is 38.6 Å². The van der Waals surface area contributed by atoms with Crippen LogP contribution < -0.4 is 10.6 Å². The number of urea groups is 1. The van der Waals surface area contributed by atoms with E-state index in [0.29, 0.717) is 13.1 Å². The normalized spacial score (nSPS) is 21.9. The average Bonchev–Trinajstić information content (AvgIpc) is 2.93. The number of imide groups is 1. The number of hydrogen-bond donors (Lipinski definition) is 2. The Morgan fingerprint density at radius 3 is 2.35 bits per heavy atom. The Balaban J connectivity index is 1.66. The van der Waals surface area contributed by atoms with E-state index in [9.17, 15) is 9.59 Å². The number of nitrogens with one attached hydrogen (secondary N) is 2. The second kappa shape index (κ2) is 7.59. The summed E-state index contributed by atoms with van der Waals surface area (Å²) in [6.45, 7) is 6.58. The predicted molar refractivity (Wildman–Crippen MR) is 77.5 cm³/mol. The molecule has 0 unspecified atom stereocenters. The van der Waals surface area contributed by atoms with Gasteiger partial charge in [-0.05, 0) is 19.8 Å². The van der Waals surface area contributed by atoms with E-state index in [1.54, 1.807) is 0 Å². The minimum atomic E-state index is -0.401. The van der Waals surface area contributed by atoms with Gasteiger partial charge in [-0.1, -0.05) is 12.8 Å². The van der Waals surface area contributed by atoms with Crippen LogP contribution >= 0.6 is 0 Å². The Hall–Kier alpha value is -1.14. The fourth-order valence-corrected chi connectivity index (χ4v) is 3.13. The third kappa shape index (κ3) is 4.45. The topological polar surface area (TPSA) is 64.7 Å². The molecule has 1 saturated heterocycles. The van der Waals surface area contributed by atoms with Crippen molar-refractivity contribution in [2.24, 2.45) is 0 Å². The maximum absolute atomic E-state index is 11.7. The number of rotatable bonds is 4. The Morgan fingerprint density at radius 1 is 1.10 bits per heavy atom. The molecule has 2 rings (SSSR count). The highest BCUT2D eigenvalue weighted by molar-refractivity contribution is 5.95. The quantitative estimate of drug-likeness (QED) is 0.783. The van der Waals surface area contributed by atoms with Crippen LogP contribution in [-0.2, 0) is 4.79 Å². The molecule has 6 heteroatoms. The summed E-state index contributed by atoms with van der Waals surface area (Å²) in [5.74, 6) is -0.217.